The molecular formula is C41H37N. The van der Waals surface area contributed by atoms with Crippen molar-refractivity contribution in [1.82, 2.24) is 0 Å². The first-order chi connectivity index (χ1) is 20.7. The summed E-state index contributed by atoms with van der Waals surface area (Å²) in [4.78, 5) is 2.43. The molecular weight excluding hydrogens is 506 g/mol. The Kier molecular flexibility index (Phi) is 8.34. The molecule has 0 fully saturated rings. The zero-order valence-corrected chi connectivity index (χ0v) is 24.6. The average molecular weight is 544 g/mol. The van der Waals surface area contributed by atoms with Crippen LogP contribution in [0, 0.1) is 18.8 Å². The predicted octanol–water partition coefficient (Wildman–Crippen LogP) is 11.3. The van der Waals surface area contributed by atoms with Gasteiger partial charge in [0.1, 0.15) is 0 Å². The van der Waals surface area contributed by atoms with Crippen molar-refractivity contribution in [3.05, 3.63) is 150 Å². The lowest BCUT2D eigenvalue weighted by Crippen LogP contribution is -2.11. The minimum atomic E-state index is 1.02. The fraction of sp³-hybridized carbons (Fsp3) is 0.171. The highest BCUT2D eigenvalue weighted by Gasteiger charge is 2.21. The number of aryl methyl sites for hydroxylation is 2. The van der Waals surface area contributed by atoms with Crippen molar-refractivity contribution in [2.75, 3.05) is 4.90 Å². The van der Waals surface area contributed by atoms with Gasteiger partial charge in [0.25, 0.3) is 0 Å². The van der Waals surface area contributed by atoms with Crippen LogP contribution in [0.5, 0.6) is 0 Å². The fourth-order valence-corrected chi connectivity index (χ4v) is 5.81. The molecule has 0 unspecified atom stereocenters. The summed E-state index contributed by atoms with van der Waals surface area (Å²) in [5.74, 6) is 7.00. The predicted molar refractivity (Wildman–Crippen MR) is 181 cm³/mol. The molecule has 1 heteroatoms. The standard InChI is InChI=1S/C41H37N/c1-3-4-5-7-16-33-23-28-35(29-24-33)42(34-26-21-31(2)22-27-34)41-39-19-12-10-17-36(39)38(37-18-11-13-20-40(37)41)30-25-32-14-8-6-9-15-32/h6,8-15,17-24,26-29H,3-5,7,16H2,1-2H3. The Labute approximate surface area is 250 Å². The summed E-state index contributed by atoms with van der Waals surface area (Å²) in [6.45, 7) is 4.41. The Hall–Kier alpha value is -4.80. The molecule has 0 radical (unpaired) electrons. The first-order valence-electron chi connectivity index (χ1n) is 15.2. The molecule has 0 amide bonds. The van der Waals surface area contributed by atoms with Gasteiger partial charge in [-0.05, 0) is 61.7 Å². The molecule has 0 aliphatic rings. The van der Waals surface area contributed by atoms with Gasteiger partial charge in [-0.25, -0.2) is 0 Å². The molecule has 0 aliphatic heterocycles. The van der Waals surface area contributed by atoms with Crippen molar-refractivity contribution in [1.29, 1.82) is 0 Å². The van der Waals surface area contributed by atoms with Crippen molar-refractivity contribution in [3.63, 3.8) is 0 Å². The van der Waals surface area contributed by atoms with E-state index in [1.165, 1.54) is 64.0 Å². The Morgan fingerprint density at radius 3 is 1.67 bits per heavy atom. The number of rotatable bonds is 8. The molecule has 0 aliphatic carbocycles. The molecule has 0 bridgehead atoms. The summed E-state index contributed by atoms with van der Waals surface area (Å²) >= 11 is 0. The first-order valence-corrected chi connectivity index (χ1v) is 15.2. The van der Waals surface area contributed by atoms with Crippen molar-refractivity contribution in [3.8, 4) is 11.8 Å². The largest absolute Gasteiger partial charge is 0.309 e. The molecule has 0 spiro atoms. The highest BCUT2D eigenvalue weighted by molar-refractivity contribution is 6.17. The molecule has 6 aromatic carbocycles. The molecule has 206 valence electrons. The van der Waals surface area contributed by atoms with Crippen LogP contribution in [0.15, 0.2) is 127 Å². The number of unbranched alkanes of at least 4 members (excludes halogenated alkanes) is 3. The van der Waals surface area contributed by atoms with Gasteiger partial charge in [-0.1, -0.05) is 135 Å². The van der Waals surface area contributed by atoms with Crippen LogP contribution in [0.2, 0.25) is 0 Å². The highest BCUT2D eigenvalue weighted by atomic mass is 15.1. The molecule has 0 saturated heterocycles. The van der Waals surface area contributed by atoms with Crippen LogP contribution in [0.3, 0.4) is 0 Å². The Morgan fingerprint density at radius 1 is 0.524 bits per heavy atom. The van der Waals surface area contributed by atoms with E-state index in [2.05, 4.69) is 140 Å². The third-order valence-corrected chi connectivity index (χ3v) is 8.04. The van der Waals surface area contributed by atoms with Crippen LogP contribution >= 0.6 is 0 Å². The summed E-state index contributed by atoms with van der Waals surface area (Å²) in [5, 5.41) is 4.72. The van der Waals surface area contributed by atoms with E-state index in [9.17, 15) is 0 Å². The van der Waals surface area contributed by atoms with Crippen LogP contribution < -0.4 is 4.90 Å². The molecule has 42 heavy (non-hydrogen) atoms. The average Bonchev–Trinajstić information content (AvgIpc) is 3.04. The Balaban J connectivity index is 1.55. The number of hydrogen-bond acceptors (Lipinski definition) is 1. The van der Waals surface area contributed by atoms with E-state index in [0.29, 0.717) is 0 Å². The highest BCUT2D eigenvalue weighted by Crippen LogP contribution is 2.45. The maximum Gasteiger partial charge on any atom is 0.0619 e. The Bertz CT molecular complexity index is 1800. The van der Waals surface area contributed by atoms with Crippen molar-refractivity contribution < 1.29 is 0 Å². The van der Waals surface area contributed by atoms with E-state index in [1.54, 1.807) is 0 Å². The van der Waals surface area contributed by atoms with E-state index >= 15 is 0 Å². The lowest BCUT2D eigenvalue weighted by atomic mass is 9.93. The lowest BCUT2D eigenvalue weighted by Gasteiger charge is -2.29. The first kappa shape index (κ1) is 27.4. The molecule has 0 saturated carbocycles. The van der Waals surface area contributed by atoms with Gasteiger partial charge < -0.3 is 4.90 Å². The van der Waals surface area contributed by atoms with Crippen LogP contribution in [0.4, 0.5) is 17.1 Å². The second-order valence-electron chi connectivity index (χ2n) is 11.1. The topological polar surface area (TPSA) is 3.24 Å². The minimum absolute atomic E-state index is 1.02. The molecule has 0 N–H and O–H groups in total. The zero-order chi connectivity index (χ0) is 28.7. The number of hydrogen-bond donors (Lipinski definition) is 0. The molecule has 6 aromatic rings. The number of nitrogens with zero attached hydrogens (tertiary/aromatic N) is 1. The fourth-order valence-electron chi connectivity index (χ4n) is 5.81. The molecule has 0 heterocycles. The van der Waals surface area contributed by atoms with E-state index < -0.39 is 0 Å². The number of fused-ring (bicyclic) bond motifs is 2. The molecule has 0 aromatic heterocycles. The van der Waals surface area contributed by atoms with Crippen LogP contribution in [-0.2, 0) is 6.42 Å². The summed E-state index contributed by atoms with van der Waals surface area (Å²) in [6.07, 6.45) is 6.25. The van der Waals surface area contributed by atoms with E-state index in [4.69, 9.17) is 0 Å². The summed E-state index contributed by atoms with van der Waals surface area (Å²) < 4.78 is 0. The molecule has 1 nitrogen and oxygen atoms in total. The van der Waals surface area contributed by atoms with Gasteiger partial charge in [-0.2, -0.15) is 0 Å². The van der Waals surface area contributed by atoms with Gasteiger partial charge in [0.15, 0.2) is 0 Å². The molecule has 0 atom stereocenters. The van der Waals surface area contributed by atoms with Crippen molar-refractivity contribution in [2.24, 2.45) is 0 Å². The smallest absolute Gasteiger partial charge is 0.0619 e. The minimum Gasteiger partial charge on any atom is -0.309 e. The maximum atomic E-state index is 3.57. The monoisotopic (exact) mass is 543 g/mol. The van der Waals surface area contributed by atoms with E-state index in [1.807, 2.05) is 18.2 Å². The Morgan fingerprint density at radius 2 is 1.07 bits per heavy atom. The lowest BCUT2D eigenvalue weighted by molar-refractivity contribution is 0.667. The van der Waals surface area contributed by atoms with Gasteiger partial charge in [-0.3, -0.25) is 0 Å². The maximum absolute atomic E-state index is 3.57. The summed E-state index contributed by atoms with van der Waals surface area (Å²) in [6, 6.07) is 45.8. The third-order valence-electron chi connectivity index (χ3n) is 8.04. The third kappa shape index (κ3) is 5.81. The van der Waals surface area contributed by atoms with E-state index in [0.717, 1.165) is 28.9 Å². The van der Waals surface area contributed by atoms with Gasteiger partial charge in [0.2, 0.25) is 0 Å². The van der Waals surface area contributed by atoms with Gasteiger partial charge in [-0.15, -0.1) is 0 Å². The van der Waals surface area contributed by atoms with Gasteiger partial charge in [0.05, 0.1) is 5.69 Å². The SMILES string of the molecule is CCCCCCc1ccc(N(c2ccc(C)cc2)c2c3ccccc3c(C#Cc3ccccc3)c3ccccc23)cc1. The normalized spacial score (nSPS) is 10.9. The van der Waals surface area contributed by atoms with Crippen molar-refractivity contribution in [2.45, 2.75) is 46.0 Å². The summed E-state index contributed by atoms with van der Waals surface area (Å²) in [5.41, 5.74) is 8.24. The zero-order valence-electron chi connectivity index (χ0n) is 24.6. The van der Waals surface area contributed by atoms with Crippen LogP contribution in [-0.4, -0.2) is 0 Å². The van der Waals surface area contributed by atoms with Crippen molar-refractivity contribution >= 4 is 38.6 Å². The number of anilines is 3. The second-order valence-corrected chi connectivity index (χ2v) is 11.1. The molecule has 6 rings (SSSR count). The summed E-state index contributed by atoms with van der Waals surface area (Å²) in [7, 11) is 0. The van der Waals surface area contributed by atoms with Gasteiger partial charge >= 0.3 is 0 Å². The van der Waals surface area contributed by atoms with Gasteiger partial charge in [0, 0.05) is 44.0 Å². The van der Waals surface area contributed by atoms with Crippen LogP contribution in [0.25, 0.3) is 21.5 Å². The number of benzene rings is 6. The second kappa shape index (κ2) is 12.8. The van der Waals surface area contributed by atoms with E-state index in [-0.39, 0.29) is 0 Å². The van der Waals surface area contributed by atoms with Crippen LogP contribution in [0.1, 0.15) is 54.9 Å². The quantitative estimate of drug-likeness (QED) is 0.105.